The number of furan rings is 1. The number of hydrogen-bond donors (Lipinski definition) is 0. The Labute approximate surface area is 215 Å². The van der Waals surface area contributed by atoms with E-state index in [0.29, 0.717) is 11.1 Å². The van der Waals surface area contributed by atoms with Gasteiger partial charge in [-0.15, -0.1) is 0 Å². The molecule has 200 valence electrons. The molecule has 38 heavy (non-hydrogen) atoms. The van der Waals surface area contributed by atoms with E-state index in [1.807, 2.05) is 0 Å². The molecular weight excluding hydrogens is 551 g/mol. The first-order valence-electron chi connectivity index (χ1n) is 10.9. The highest BCUT2D eigenvalue weighted by molar-refractivity contribution is 7.94. The van der Waals surface area contributed by atoms with Gasteiger partial charge in [-0.05, 0) is 38.1 Å². The van der Waals surface area contributed by atoms with Gasteiger partial charge >= 0.3 is 12.1 Å². The summed E-state index contributed by atoms with van der Waals surface area (Å²) in [7, 11) is -10.3. The maximum atomic E-state index is 14.9. The fraction of sp³-hybridized carbons (Fsp3) is 0.154. The molecule has 4 aromatic rings. The van der Waals surface area contributed by atoms with E-state index in [1.165, 1.54) is 54.6 Å². The van der Waals surface area contributed by atoms with Gasteiger partial charge < -0.3 is 4.42 Å². The van der Waals surface area contributed by atoms with Crippen molar-refractivity contribution in [3.8, 4) is 11.3 Å². The fourth-order valence-electron chi connectivity index (χ4n) is 3.67. The van der Waals surface area contributed by atoms with Crippen LogP contribution in [0.5, 0.6) is 0 Å². The van der Waals surface area contributed by atoms with Gasteiger partial charge in [-0.25, -0.2) is 16.8 Å². The second-order valence-electron chi connectivity index (χ2n) is 8.49. The van der Waals surface area contributed by atoms with E-state index in [1.54, 1.807) is 13.8 Å². The average Bonchev–Trinajstić information content (AvgIpc) is 3.28. The van der Waals surface area contributed by atoms with E-state index in [2.05, 4.69) is 0 Å². The van der Waals surface area contributed by atoms with Crippen molar-refractivity contribution in [3.63, 3.8) is 0 Å². The lowest BCUT2D eigenvalue weighted by Gasteiger charge is -2.19. The van der Waals surface area contributed by atoms with Gasteiger partial charge in [-0.1, -0.05) is 65.7 Å². The lowest BCUT2D eigenvalue weighted by atomic mass is 10.2. The van der Waals surface area contributed by atoms with Gasteiger partial charge in [0.25, 0.3) is 0 Å². The van der Waals surface area contributed by atoms with Crippen molar-refractivity contribution < 1.29 is 43.2 Å². The molecule has 12 heteroatoms. The molecule has 0 unspecified atom stereocenters. The molecule has 0 aliphatic carbocycles. The number of alkyl halides is 5. The highest BCUT2D eigenvalue weighted by atomic mass is 32.2. The third-order valence-electron chi connectivity index (χ3n) is 5.70. The fourth-order valence-corrected chi connectivity index (χ4v) is 7.28. The summed E-state index contributed by atoms with van der Waals surface area (Å²) in [5.74, 6) is -9.16. The van der Waals surface area contributed by atoms with Crippen LogP contribution in [0.4, 0.5) is 22.0 Å². The first-order chi connectivity index (χ1) is 17.6. The van der Waals surface area contributed by atoms with E-state index < -0.39 is 62.9 Å². The summed E-state index contributed by atoms with van der Waals surface area (Å²) in [6, 6.07) is 16.1. The van der Waals surface area contributed by atoms with E-state index in [9.17, 15) is 38.8 Å². The Kier molecular flexibility index (Phi) is 6.77. The maximum absolute atomic E-state index is 14.9. The van der Waals surface area contributed by atoms with Crippen molar-refractivity contribution in [2.45, 2.75) is 45.5 Å². The highest BCUT2D eigenvalue weighted by Gasteiger charge is 2.64. The lowest BCUT2D eigenvalue weighted by Crippen LogP contribution is -2.34. The predicted octanol–water partition coefficient (Wildman–Crippen LogP) is 6.88. The Morgan fingerprint density at radius 1 is 0.605 bits per heavy atom. The average molecular weight is 571 g/mol. The van der Waals surface area contributed by atoms with Crippen molar-refractivity contribution in [2.24, 2.45) is 0 Å². The SMILES string of the molecule is Cc1ccc(S(=O)(=O)c2c(-c3ccccc3)oc(C(F)(F)C(F)(F)F)c2S(=O)(=O)c2ccc(C)cc2)cc1. The normalized spacial score (nSPS) is 13.0. The molecule has 0 bridgehead atoms. The van der Waals surface area contributed by atoms with Gasteiger partial charge in [0.05, 0.1) is 9.79 Å². The van der Waals surface area contributed by atoms with Crippen LogP contribution in [-0.2, 0) is 25.6 Å². The molecule has 0 aliphatic heterocycles. The van der Waals surface area contributed by atoms with Gasteiger partial charge in [0.15, 0.2) is 5.76 Å². The molecule has 0 aliphatic rings. The second-order valence-corrected chi connectivity index (χ2v) is 12.3. The Hall–Kier alpha value is -3.51. The molecule has 1 heterocycles. The second kappa shape index (κ2) is 9.35. The number of sulfone groups is 2. The van der Waals surface area contributed by atoms with Crippen molar-refractivity contribution in [1.29, 1.82) is 0 Å². The molecule has 3 aromatic carbocycles. The van der Waals surface area contributed by atoms with Crippen LogP contribution in [0.25, 0.3) is 11.3 Å². The van der Waals surface area contributed by atoms with Gasteiger partial charge in [0.1, 0.15) is 9.79 Å². The monoisotopic (exact) mass is 570 g/mol. The number of hydrogen-bond acceptors (Lipinski definition) is 5. The first kappa shape index (κ1) is 27.5. The van der Waals surface area contributed by atoms with Crippen LogP contribution in [-0.4, -0.2) is 23.0 Å². The zero-order valence-electron chi connectivity index (χ0n) is 19.8. The molecule has 0 atom stereocenters. The van der Waals surface area contributed by atoms with Crippen LogP contribution in [0.3, 0.4) is 0 Å². The summed E-state index contributed by atoms with van der Waals surface area (Å²) in [5.41, 5.74) is 0.966. The zero-order valence-corrected chi connectivity index (χ0v) is 21.4. The Balaban J connectivity index is 2.22. The minimum absolute atomic E-state index is 0.220. The molecule has 0 amide bonds. The topological polar surface area (TPSA) is 81.4 Å². The van der Waals surface area contributed by atoms with E-state index >= 15 is 0 Å². The summed E-state index contributed by atoms with van der Waals surface area (Å²) in [6.07, 6.45) is -6.30. The van der Waals surface area contributed by atoms with Crippen LogP contribution in [0.15, 0.2) is 103 Å². The molecule has 0 radical (unpaired) electrons. The smallest absolute Gasteiger partial charge is 0.451 e. The Morgan fingerprint density at radius 2 is 1.03 bits per heavy atom. The number of benzene rings is 3. The first-order valence-corrected chi connectivity index (χ1v) is 13.9. The van der Waals surface area contributed by atoms with Crippen LogP contribution in [0.1, 0.15) is 16.9 Å². The van der Waals surface area contributed by atoms with E-state index in [4.69, 9.17) is 4.42 Å². The minimum atomic E-state index is -6.30. The van der Waals surface area contributed by atoms with Crippen molar-refractivity contribution >= 4 is 19.7 Å². The van der Waals surface area contributed by atoms with E-state index in [-0.39, 0.29) is 5.56 Å². The van der Waals surface area contributed by atoms with Crippen molar-refractivity contribution in [2.75, 3.05) is 0 Å². The van der Waals surface area contributed by atoms with Crippen LogP contribution >= 0.6 is 0 Å². The molecular formula is C26H19F5O5S2. The van der Waals surface area contributed by atoms with Gasteiger partial charge in [0.2, 0.25) is 25.4 Å². The number of halogens is 5. The molecule has 0 fully saturated rings. The quantitative estimate of drug-likeness (QED) is 0.236. The lowest BCUT2D eigenvalue weighted by molar-refractivity contribution is -0.296. The van der Waals surface area contributed by atoms with Gasteiger partial charge in [-0.2, -0.15) is 22.0 Å². The Bertz CT molecular complexity index is 1690. The van der Waals surface area contributed by atoms with Gasteiger partial charge in [0, 0.05) is 5.56 Å². The summed E-state index contributed by atoms with van der Waals surface area (Å²) < 4.78 is 131. The minimum Gasteiger partial charge on any atom is -0.451 e. The molecule has 0 spiro atoms. The number of rotatable bonds is 6. The highest BCUT2D eigenvalue weighted by Crippen LogP contribution is 2.52. The molecule has 5 nitrogen and oxygen atoms in total. The summed E-state index contributed by atoms with van der Waals surface area (Å²) in [4.78, 5) is -4.30. The summed E-state index contributed by atoms with van der Waals surface area (Å²) in [6.45, 7) is 3.23. The maximum Gasteiger partial charge on any atom is 0.461 e. The largest absolute Gasteiger partial charge is 0.461 e. The summed E-state index contributed by atoms with van der Waals surface area (Å²) in [5, 5.41) is 0. The predicted molar refractivity (Wildman–Crippen MR) is 127 cm³/mol. The van der Waals surface area contributed by atoms with Crippen LogP contribution in [0, 0.1) is 13.8 Å². The Morgan fingerprint density at radius 3 is 1.45 bits per heavy atom. The standard InChI is InChI=1S/C26H19F5O5S2/c1-16-8-12-19(13-9-16)37(32,33)22-21(18-6-4-3-5-7-18)36-24(25(27,28)26(29,30)31)23(22)38(34,35)20-14-10-17(2)11-15-20/h3-15H,1-2H3. The molecule has 0 N–H and O–H groups in total. The van der Waals surface area contributed by atoms with Crippen LogP contribution in [0.2, 0.25) is 0 Å². The van der Waals surface area contributed by atoms with Crippen LogP contribution < -0.4 is 0 Å². The van der Waals surface area contributed by atoms with Crippen molar-refractivity contribution in [3.05, 3.63) is 95.7 Å². The van der Waals surface area contributed by atoms with Gasteiger partial charge in [-0.3, -0.25) is 0 Å². The molecule has 1 aromatic heterocycles. The molecule has 4 rings (SSSR count). The van der Waals surface area contributed by atoms with E-state index in [0.717, 1.165) is 24.3 Å². The zero-order chi connectivity index (χ0) is 28.1. The molecule has 0 saturated heterocycles. The van der Waals surface area contributed by atoms with Crippen molar-refractivity contribution in [1.82, 2.24) is 0 Å². The summed E-state index contributed by atoms with van der Waals surface area (Å²) >= 11 is 0. The molecule has 0 saturated carbocycles. The number of aryl methyl sites for hydroxylation is 2. The third kappa shape index (κ3) is 4.62. The third-order valence-corrected chi connectivity index (χ3v) is 9.47.